The SMILES string of the molecule is CC(C)(C)OC(=O)N1CCN(C(=O)c2cc(-c3ccc(O)cc3)nc3c2c(/C=C/c2cccc(N4CCCC4=O)c2)nn3C2CCCCO2)CC1. The lowest BCUT2D eigenvalue weighted by Crippen LogP contribution is -2.51. The van der Waals surface area contributed by atoms with Gasteiger partial charge >= 0.3 is 6.09 Å². The summed E-state index contributed by atoms with van der Waals surface area (Å²) in [6.45, 7) is 8.17. The Balaban J connectivity index is 1.30. The van der Waals surface area contributed by atoms with Crippen molar-refractivity contribution in [3.05, 3.63) is 71.4 Å². The minimum absolute atomic E-state index is 0.124. The summed E-state index contributed by atoms with van der Waals surface area (Å²) < 4.78 is 13.6. The monoisotopic (exact) mass is 692 g/mol. The lowest BCUT2D eigenvalue weighted by Gasteiger charge is -2.35. The van der Waals surface area contributed by atoms with Crippen LogP contribution in [0.5, 0.6) is 5.75 Å². The number of anilines is 1. The first-order valence-corrected chi connectivity index (χ1v) is 17.7. The maximum absolute atomic E-state index is 14.6. The fourth-order valence-corrected chi connectivity index (χ4v) is 6.83. The number of pyridine rings is 1. The molecule has 4 aromatic rings. The summed E-state index contributed by atoms with van der Waals surface area (Å²) in [7, 11) is 0. The maximum atomic E-state index is 14.6. The summed E-state index contributed by atoms with van der Waals surface area (Å²) in [4.78, 5) is 50.1. The summed E-state index contributed by atoms with van der Waals surface area (Å²) in [5.74, 6) is 0.0590. The van der Waals surface area contributed by atoms with Crippen molar-refractivity contribution in [2.24, 2.45) is 0 Å². The van der Waals surface area contributed by atoms with Crippen LogP contribution in [-0.2, 0) is 14.3 Å². The highest BCUT2D eigenvalue weighted by atomic mass is 16.6. The third kappa shape index (κ3) is 7.46. The Morgan fingerprint density at radius 1 is 0.941 bits per heavy atom. The van der Waals surface area contributed by atoms with Gasteiger partial charge in [-0.15, -0.1) is 0 Å². The number of ether oxygens (including phenoxy) is 2. The molecule has 0 radical (unpaired) electrons. The predicted molar refractivity (Wildman–Crippen MR) is 194 cm³/mol. The third-order valence-electron chi connectivity index (χ3n) is 9.42. The molecular formula is C39H44N6O6. The first-order valence-electron chi connectivity index (χ1n) is 17.7. The van der Waals surface area contributed by atoms with E-state index in [0.717, 1.165) is 42.5 Å². The van der Waals surface area contributed by atoms with E-state index >= 15 is 0 Å². The second-order valence-corrected chi connectivity index (χ2v) is 14.3. The van der Waals surface area contributed by atoms with Gasteiger partial charge in [-0.2, -0.15) is 5.10 Å². The number of benzene rings is 2. The molecule has 5 heterocycles. The molecule has 3 aliphatic rings. The summed E-state index contributed by atoms with van der Waals surface area (Å²) in [6.07, 6.45) is 7.19. The lowest BCUT2D eigenvalue weighted by atomic mass is 10.0. The van der Waals surface area contributed by atoms with E-state index in [1.807, 2.05) is 62.1 Å². The van der Waals surface area contributed by atoms with Gasteiger partial charge in [-0.25, -0.2) is 14.5 Å². The van der Waals surface area contributed by atoms with Crippen molar-refractivity contribution in [1.82, 2.24) is 24.6 Å². The van der Waals surface area contributed by atoms with Crippen LogP contribution in [0.3, 0.4) is 0 Å². The van der Waals surface area contributed by atoms with E-state index in [-0.39, 0.29) is 23.8 Å². The first kappa shape index (κ1) is 34.2. The average molecular weight is 693 g/mol. The highest BCUT2D eigenvalue weighted by Gasteiger charge is 2.32. The van der Waals surface area contributed by atoms with Gasteiger partial charge < -0.3 is 29.3 Å². The molecule has 0 aliphatic carbocycles. The van der Waals surface area contributed by atoms with Crippen molar-refractivity contribution >= 4 is 46.8 Å². The number of hydrogen-bond donors (Lipinski definition) is 1. The topological polar surface area (TPSA) is 130 Å². The number of carbonyl (C=O) groups excluding carboxylic acids is 3. The number of hydrogen-bond acceptors (Lipinski definition) is 8. The fraction of sp³-hybridized carbons (Fsp3) is 0.410. The molecule has 1 N–H and O–H groups in total. The maximum Gasteiger partial charge on any atom is 0.410 e. The van der Waals surface area contributed by atoms with Gasteiger partial charge in [-0.1, -0.05) is 18.2 Å². The molecule has 0 saturated carbocycles. The van der Waals surface area contributed by atoms with E-state index in [0.29, 0.717) is 73.7 Å². The van der Waals surface area contributed by atoms with E-state index in [4.69, 9.17) is 19.6 Å². The molecule has 266 valence electrons. The standard InChI is InChI=1S/C39H44N6O6/c1-39(2,3)51-38(49)43-21-19-42(20-22-43)37(48)30-25-32(27-13-15-29(46)16-14-27)40-36-35(30)31(41-45(36)34-11-4-5-23-50-34)17-12-26-8-6-9-28(24-26)44-18-7-10-33(44)47/h6,8-9,12-17,24-25,34,46H,4-5,7,10-11,18-23H2,1-3H3/b17-12+. The molecule has 51 heavy (non-hydrogen) atoms. The Morgan fingerprint density at radius 2 is 1.71 bits per heavy atom. The Bertz CT molecular complexity index is 1970. The molecule has 2 aromatic carbocycles. The highest BCUT2D eigenvalue weighted by Crippen LogP contribution is 2.34. The van der Waals surface area contributed by atoms with Gasteiger partial charge in [0.25, 0.3) is 5.91 Å². The quantitative estimate of drug-likeness (QED) is 0.243. The molecule has 12 heteroatoms. The molecule has 3 saturated heterocycles. The van der Waals surface area contributed by atoms with Crippen LogP contribution in [0, 0.1) is 0 Å². The van der Waals surface area contributed by atoms with E-state index in [9.17, 15) is 19.5 Å². The number of fused-ring (bicyclic) bond motifs is 1. The molecule has 3 amide bonds. The number of carbonyl (C=O) groups is 3. The van der Waals surface area contributed by atoms with Gasteiger partial charge in [0.2, 0.25) is 5.91 Å². The van der Waals surface area contributed by atoms with Crippen LogP contribution >= 0.6 is 0 Å². The first-order chi connectivity index (χ1) is 24.5. The van der Waals surface area contributed by atoms with E-state index < -0.39 is 11.7 Å². The van der Waals surface area contributed by atoms with Crippen molar-refractivity contribution < 1.29 is 29.0 Å². The van der Waals surface area contributed by atoms with Crippen LogP contribution in [0.25, 0.3) is 34.4 Å². The number of phenolic OH excluding ortho intramolecular Hbond substituents is 1. The molecule has 7 rings (SSSR count). The number of rotatable bonds is 6. The number of piperazine rings is 1. The third-order valence-corrected chi connectivity index (χ3v) is 9.42. The second kappa shape index (κ2) is 14.2. The van der Waals surface area contributed by atoms with Crippen LogP contribution in [-0.4, -0.2) is 92.5 Å². The van der Waals surface area contributed by atoms with Crippen LogP contribution in [0.2, 0.25) is 0 Å². The van der Waals surface area contributed by atoms with E-state index in [1.54, 1.807) is 44.8 Å². The summed E-state index contributed by atoms with van der Waals surface area (Å²) in [5.41, 5.74) is 3.97. The van der Waals surface area contributed by atoms with Gasteiger partial charge in [-0.3, -0.25) is 9.59 Å². The summed E-state index contributed by atoms with van der Waals surface area (Å²) >= 11 is 0. The Morgan fingerprint density at radius 3 is 2.39 bits per heavy atom. The molecule has 3 fully saturated rings. The number of amides is 3. The van der Waals surface area contributed by atoms with Crippen LogP contribution in [0.15, 0.2) is 54.6 Å². The van der Waals surface area contributed by atoms with Crippen LogP contribution < -0.4 is 4.90 Å². The van der Waals surface area contributed by atoms with Crippen molar-refractivity contribution in [1.29, 1.82) is 0 Å². The van der Waals surface area contributed by atoms with Gasteiger partial charge in [0.15, 0.2) is 11.9 Å². The Hall–Kier alpha value is -5.23. The van der Waals surface area contributed by atoms with Crippen molar-refractivity contribution in [2.45, 2.75) is 64.7 Å². The van der Waals surface area contributed by atoms with Crippen LogP contribution in [0.1, 0.15) is 80.7 Å². The number of nitrogens with zero attached hydrogens (tertiary/aromatic N) is 6. The van der Waals surface area contributed by atoms with Gasteiger partial charge in [0.05, 0.1) is 22.3 Å². The molecule has 12 nitrogen and oxygen atoms in total. The van der Waals surface area contributed by atoms with Crippen molar-refractivity contribution in [3.8, 4) is 17.0 Å². The largest absolute Gasteiger partial charge is 0.508 e. The molecule has 0 bridgehead atoms. The van der Waals surface area contributed by atoms with Gasteiger partial charge in [-0.05, 0) is 101 Å². The van der Waals surface area contributed by atoms with Gasteiger partial charge in [0, 0.05) is 57.0 Å². The summed E-state index contributed by atoms with van der Waals surface area (Å²) in [6, 6.07) is 16.4. The highest BCUT2D eigenvalue weighted by molar-refractivity contribution is 6.09. The number of aromatic hydroxyl groups is 1. The van der Waals surface area contributed by atoms with Gasteiger partial charge in [0.1, 0.15) is 11.4 Å². The average Bonchev–Trinajstić information content (AvgIpc) is 3.73. The minimum atomic E-state index is -0.615. The van der Waals surface area contributed by atoms with E-state index in [2.05, 4.69) is 0 Å². The number of phenols is 1. The number of aromatic nitrogens is 3. The zero-order valence-corrected chi connectivity index (χ0v) is 29.4. The minimum Gasteiger partial charge on any atom is -0.508 e. The zero-order chi connectivity index (χ0) is 35.7. The Kier molecular flexibility index (Phi) is 9.52. The lowest BCUT2D eigenvalue weighted by molar-refractivity contribution is -0.117. The second-order valence-electron chi connectivity index (χ2n) is 14.3. The normalized spacial score (nSPS) is 18.6. The molecular weight excluding hydrogens is 648 g/mol. The molecule has 2 aromatic heterocycles. The van der Waals surface area contributed by atoms with Crippen molar-refractivity contribution in [3.63, 3.8) is 0 Å². The molecule has 1 unspecified atom stereocenters. The fourth-order valence-electron chi connectivity index (χ4n) is 6.83. The smallest absolute Gasteiger partial charge is 0.410 e. The van der Waals surface area contributed by atoms with Crippen molar-refractivity contribution in [2.75, 3.05) is 44.2 Å². The molecule has 1 atom stereocenters. The predicted octanol–water partition coefficient (Wildman–Crippen LogP) is 6.49. The zero-order valence-electron chi connectivity index (χ0n) is 29.4. The summed E-state index contributed by atoms with van der Waals surface area (Å²) in [5, 5.41) is 15.6. The molecule has 0 spiro atoms. The van der Waals surface area contributed by atoms with Crippen LogP contribution in [0.4, 0.5) is 10.5 Å². The van der Waals surface area contributed by atoms with E-state index in [1.165, 1.54) is 0 Å². The Labute approximate surface area is 297 Å². The molecule has 3 aliphatic heterocycles.